The van der Waals surface area contributed by atoms with E-state index in [1.165, 1.54) is 0 Å². The van der Waals surface area contributed by atoms with Crippen molar-refractivity contribution in [1.29, 1.82) is 0 Å². The van der Waals surface area contributed by atoms with Crippen LogP contribution < -0.4 is 0 Å². The molecule has 0 aromatic heterocycles. The topological polar surface area (TPSA) is 46.5 Å². The maximum Gasteiger partial charge on any atom is 0.330 e. The van der Waals surface area contributed by atoms with Crippen molar-refractivity contribution in [2.75, 3.05) is 13.2 Å². The molecule has 0 aliphatic carbocycles. The van der Waals surface area contributed by atoms with Crippen LogP contribution in [0, 0.1) is 5.41 Å². The van der Waals surface area contributed by atoms with Crippen molar-refractivity contribution in [2.24, 2.45) is 5.41 Å². The van der Waals surface area contributed by atoms with Gasteiger partial charge >= 0.3 is 5.97 Å². The summed E-state index contributed by atoms with van der Waals surface area (Å²) in [5.41, 5.74) is 0.649. The fourth-order valence-electron chi connectivity index (χ4n) is 1.31. The minimum atomic E-state index is -0.827. The highest BCUT2D eigenvalue weighted by atomic mass is 16.5. The van der Waals surface area contributed by atoms with E-state index in [-0.39, 0.29) is 5.41 Å². The summed E-state index contributed by atoms with van der Waals surface area (Å²) in [7, 11) is 0. The molecule has 1 aliphatic rings. The van der Waals surface area contributed by atoms with Crippen LogP contribution >= 0.6 is 0 Å². The molecule has 1 N–H and O–H groups in total. The van der Waals surface area contributed by atoms with Gasteiger partial charge in [0.05, 0.1) is 13.2 Å². The van der Waals surface area contributed by atoms with Crippen LogP contribution in [0.4, 0.5) is 0 Å². The molecule has 0 saturated carbocycles. The standard InChI is InChI=1S/C10H16O3/c1-3-10(6-13-7-10)5-4-8(2)9(11)12/h4H,3,5-7H2,1-2H3,(H,11,12)/b8-4+. The molecular formula is C10H16O3. The zero-order valence-corrected chi connectivity index (χ0v) is 8.17. The Kier molecular flexibility index (Phi) is 3.09. The summed E-state index contributed by atoms with van der Waals surface area (Å²) in [5, 5.41) is 8.64. The van der Waals surface area contributed by atoms with E-state index in [2.05, 4.69) is 6.92 Å². The predicted molar refractivity (Wildman–Crippen MR) is 49.6 cm³/mol. The van der Waals surface area contributed by atoms with Gasteiger partial charge < -0.3 is 9.84 Å². The van der Waals surface area contributed by atoms with E-state index in [1.807, 2.05) is 0 Å². The normalized spacial score (nSPS) is 20.9. The molecule has 0 radical (unpaired) electrons. The first-order valence-corrected chi connectivity index (χ1v) is 4.57. The van der Waals surface area contributed by atoms with Crippen molar-refractivity contribution in [3.05, 3.63) is 11.6 Å². The van der Waals surface area contributed by atoms with Crippen molar-refractivity contribution in [3.63, 3.8) is 0 Å². The first kappa shape index (κ1) is 10.3. The number of hydrogen-bond donors (Lipinski definition) is 1. The van der Waals surface area contributed by atoms with Gasteiger partial charge in [-0.05, 0) is 19.8 Å². The number of ether oxygens (including phenoxy) is 1. The van der Waals surface area contributed by atoms with Crippen LogP contribution in [0.5, 0.6) is 0 Å². The van der Waals surface area contributed by atoms with E-state index >= 15 is 0 Å². The van der Waals surface area contributed by atoms with Gasteiger partial charge in [0, 0.05) is 11.0 Å². The highest BCUT2D eigenvalue weighted by Gasteiger charge is 2.35. The van der Waals surface area contributed by atoms with Crippen molar-refractivity contribution in [3.8, 4) is 0 Å². The Morgan fingerprint density at radius 2 is 2.23 bits per heavy atom. The molecule has 0 amide bonds. The minimum absolute atomic E-state index is 0.219. The van der Waals surface area contributed by atoms with E-state index in [0.29, 0.717) is 5.57 Å². The monoisotopic (exact) mass is 184 g/mol. The number of allylic oxidation sites excluding steroid dienone is 1. The van der Waals surface area contributed by atoms with Crippen LogP contribution in [0.25, 0.3) is 0 Å². The molecule has 3 nitrogen and oxygen atoms in total. The number of carboxylic acids is 1. The Hall–Kier alpha value is -0.830. The van der Waals surface area contributed by atoms with Gasteiger partial charge in [0.2, 0.25) is 0 Å². The fraction of sp³-hybridized carbons (Fsp3) is 0.700. The quantitative estimate of drug-likeness (QED) is 0.678. The number of hydrogen-bond acceptors (Lipinski definition) is 2. The molecule has 0 bridgehead atoms. The zero-order chi connectivity index (χ0) is 9.90. The molecular weight excluding hydrogens is 168 g/mol. The van der Waals surface area contributed by atoms with Gasteiger partial charge in [-0.2, -0.15) is 0 Å². The Balaban J connectivity index is 2.48. The third-order valence-corrected chi connectivity index (χ3v) is 2.75. The second-order valence-electron chi connectivity index (χ2n) is 3.74. The van der Waals surface area contributed by atoms with Crippen LogP contribution in [0.3, 0.4) is 0 Å². The van der Waals surface area contributed by atoms with E-state index in [9.17, 15) is 4.79 Å². The summed E-state index contributed by atoms with van der Waals surface area (Å²) in [4.78, 5) is 10.5. The fourth-order valence-corrected chi connectivity index (χ4v) is 1.31. The highest BCUT2D eigenvalue weighted by Crippen LogP contribution is 2.35. The van der Waals surface area contributed by atoms with Gasteiger partial charge in [-0.25, -0.2) is 4.79 Å². The molecule has 13 heavy (non-hydrogen) atoms. The maximum atomic E-state index is 10.5. The smallest absolute Gasteiger partial charge is 0.330 e. The SMILES string of the molecule is CCC1(C/C=C(\C)C(=O)O)COC1. The van der Waals surface area contributed by atoms with Crippen LogP contribution in [0.1, 0.15) is 26.7 Å². The van der Waals surface area contributed by atoms with Crippen molar-refractivity contribution >= 4 is 5.97 Å². The number of carboxylic acid groups (broad SMARTS) is 1. The minimum Gasteiger partial charge on any atom is -0.478 e. The first-order valence-electron chi connectivity index (χ1n) is 4.57. The van der Waals surface area contributed by atoms with E-state index < -0.39 is 5.97 Å². The Morgan fingerprint density at radius 3 is 2.54 bits per heavy atom. The largest absolute Gasteiger partial charge is 0.478 e. The second-order valence-corrected chi connectivity index (χ2v) is 3.74. The molecule has 0 aromatic rings. The maximum absolute atomic E-state index is 10.5. The first-order chi connectivity index (χ1) is 6.09. The van der Waals surface area contributed by atoms with E-state index in [4.69, 9.17) is 9.84 Å². The van der Waals surface area contributed by atoms with Crippen LogP contribution in [-0.4, -0.2) is 24.3 Å². The summed E-state index contributed by atoms with van der Waals surface area (Å²) in [5.74, 6) is -0.827. The lowest BCUT2D eigenvalue weighted by Crippen LogP contribution is -2.41. The van der Waals surface area contributed by atoms with Gasteiger partial charge in [-0.15, -0.1) is 0 Å². The molecule has 74 valence electrons. The summed E-state index contributed by atoms with van der Waals surface area (Å²) in [6.45, 7) is 5.29. The Bertz CT molecular complexity index is 221. The molecule has 3 heteroatoms. The third kappa shape index (κ3) is 2.31. The lowest BCUT2D eigenvalue weighted by Gasteiger charge is -2.40. The number of aliphatic carboxylic acids is 1. The molecule has 1 aliphatic heterocycles. The number of carbonyl (C=O) groups is 1. The molecule has 0 atom stereocenters. The summed E-state index contributed by atoms with van der Waals surface area (Å²) in [6.07, 6.45) is 3.67. The van der Waals surface area contributed by atoms with Gasteiger partial charge in [0.25, 0.3) is 0 Å². The molecule has 1 fully saturated rings. The second kappa shape index (κ2) is 3.92. The van der Waals surface area contributed by atoms with Crippen LogP contribution in [0.15, 0.2) is 11.6 Å². The Morgan fingerprint density at radius 1 is 1.62 bits per heavy atom. The van der Waals surface area contributed by atoms with Gasteiger partial charge in [0.15, 0.2) is 0 Å². The molecule has 0 spiro atoms. The predicted octanol–water partition coefficient (Wildman–Crippen LogP) is 1.83. The lowest BCUT2D eigenvalue weighted by atomic mass is 9.79. The average Bonchev–Trinajstić information content (AvgIpc) is 2.02. The van der Waals surface area contributed by atoms with E-state index in [1.54, 1.807) is 13.0 Å². The molecule has 0 aromatic carbocycles. The van der Waals surface area contributed by atoms with Crippen molar-refractivity contribution in [1.82, 2.24) is 0 Å². The molecule has 1 saturated heterocycles. The molecule has 1 rings (SSSR count). The highest BCUT2D eigenvalue weighted by molar-refractivity contribution is 5.85. The third-order valence-electron chi connectivity index (χ3n) is 2.75. The summed E-state index contributed by atoms with van der Waals surface area (Å²) >= 11 is 0. The van der Waals surface area contributed by atoms with E-state index in [0.717, 1.165) is 26.1 Å². The van der Waals surface area contributed by atoms with Crippen molar-refractivity contribution in [2.45, 2.75) is 26.7 Å². The summed E-state index contributed by atoms with van der Waals surface area (Å²) < 4.78 is 5.15. The van der Waals surface area contributed by atoms with Crippen LogP contribution in [0.2, 0.25) is 0 Å². The van der Waals surface area contributed by atoms with Crippen LogP contribution in [-0.2, 0) is 9.53 Å². The number of rotatable bonds is 4. The van der Waals surface area contributed by atoms with Gasteiger partial charge in [-0.1, -0.05) is 13.0 Å². The summed E-state index contributed by atoms with van der Waals surface area (Å²) in [6, 6.07) is 0. The van der Waals surface area contributed by atoms with Gasteiger partial charge in [0.1, 0.15) is 0 Å². The van der Waals surface area contributed by atoms with Crippen molar-refractivity contribution < 1.29 is 14.6 Å². The molecule has 1 heterocycles. The van der Waals surface area contributed by atoms with Gasteiger partial charge in [-0.3, -0.25) is 0 Å². The Labute approximate surface area is 78.4 Å². The lowest BCUT2D eigenvalue weighted by molar-refractivity contribution is -0.132. The average molecular weight is 184 g/mol. The zero-order valence-electron chi connectivity index (χ0n) is 8.17. The molecule has 0 unspecified atom stereocenters.